The molecule has 0 aliphatic carbocycles. The van der Waals surface area contributed by atoms with E-state index >= 15 is 0 Å². The molecule has 2 amide bonds. The Kier molecular flexibility index (Phi) is 8.21. The zero-order valence-electron chi connectivity index (χ0n) is 16.8. The van der Waals surface area contributed by atoms with E-state index in [1.807, 2.05) is 0 Å². The minimum absolute atomic E-state index is 0.0627. The van der Waals surface area contributed by atoms with Gasteiger partial charge in [-0.15, -0.1) is 0 Å². The number of benzene rings is 2. The molecule has 2 aromatic rings. The second kappa shape index (κ2) is 10.8. The van der Waals surface area contributed by atoms with E-state index in [1.54, 1.807) is 57.6 Å². The summed E-state index contributed by atoms with van der Waals surface area (Å²) in [6, 6.07) is 11.2. The Labute approximate surface area is 169 Å². The van der Waals surface area contributed by atoms with Crippen LogP contribution in [0, 0.1) is 5.82 Å². The molecule has 0 heterocycles. The van der Waals surface area contributed by atoms with Crippen LogP contribution in [0.4, 0.5) is 4.39 Å². The summed E-state index contributed by atoms with van der Waals surface area (Å²) in [6.45, 7) is 2.40. The van der Waals surface area contributed by atoms with Gasteiger partial charge in [-0.05, 0) is 48.4 Å². The molecule has 6 nitrogen and oxygen atoms in total. The average Bonchev–Trinajstić information content (AvgIpc) is 2.75. The van der Waals surface area contributed by atoms with Crippen molar-refractivity contribution in [3.63, 3.8) is 0 Å². The highest BCUT2D eigenvalue weighted by Gasteiger charge is 2.13. The predicted molar refractivity (Wildman–Crippen MR) is 109 cm³/mol. The number of likely N-dealkylation sites (N-methyl/N-ethyl adjacent to an activating group) is 1. The maximum atomic E-state index is 12.9. The van der Waals surface area contributed by atoms with Crippen molar-refractivity contribution in [3.8, 4) is 11.5 Å². The second-order valence-corrected chi connectivity index (χ2v) is 6.20. The smallest absolute Gasteiger partial charge is 0.247 e. The van der Waals surface area contributed by atoms with Gasteiger partial charge >= 0.3 is 0 Å². The molecule has 0 bridgehead atoms. The van der Waals surface area contributed by atoms with Gasteiger partial charge in [-0.25, -0.2) is 4.39 Å². The molecule has 0 aliphatic heterocycles. The van der Waals surface area contributed by atoms with Crippen LogP contribution < -0.4 is 14.8 Å². The van der Waals surface area contributed by atoms with Gasteiger partial charge in [-0.3, -0.25) is 9.59 Å². The first-order chi connectivity index (χ1) is 14.0. The third kappa shape index (κ3) is 6.64. The van der Waals surface area contributed by atoms with Crippen molar-refractivity contribution >= 4 is 17.9 Å². The number of ether oxygens (including phenoxy) is 2. The monoisotopic (exact) mass is 400 g/mol. The molecule has 2 aromatic carbocycles. The van der Waals surface area contributed by atoms with Crippen molar-refractivity contribution < 1.29 is 23.5 Å². The number of nitrogens with one attached hydrogen (secondary N) is 1. The normalized spacial score (nSPS) is 10.6. The fourth-order valence-corrected chi connectivity index (χ4v) is 2.61. The Balaban J connectivity index is 1.92. The Morgan fingerprint density at radius 3 is 2.38 bits per heavy atom. The first kappa shape index (κ1) is 21.9. The van der Waals surface area contributed by atoms with Crippen molar-refractivity contribution in [2.75, 3.05) is 27.3 Å². The third-order valence-electron chi connectivity index (χ3n) is 4.26. The van der Waals surface area contributed by atoms with E-state index in [4.69, 9.17) is 9.47 Å². The van der Waals surface area contributed by atoms with Gasteiger partial charge in [0.1, 0.15) is 5.82 Å². The number of carbonyl (C=O) groups excluding carboxylic acids is 2. The Morgan fingerprint density at radius 1 is 1.07 bits per heavy atom. The minimum Gasteiger partial charge on any atom is -0.493 e. The summed E-state index contributed by atoms with van der Waals surface area (Å²) in [5.41, 5.74) is 1.55. The number of hydrogen-bond acceptors (Lipinski definition) is 4. The second-order valence-electron chi connectivity index (χ2n) is 6.20. The van der Waals surface area contributed by atoms with Gasteiger partial charge in [0.05, 0.1) is 20.8 Å². The molecule has 0 radical (unpaired) electrons. The van der Waals surface area contributed by atoms with Crippen LogP contribution in [0.1, 0.15) is 18.1 Å². The molecule has 0 saturated heterocycles. The first-order valence-corrected chi connectivity index (χ1v) is 9.17. The topological polar surface area (TPSA) is 67.9 Å². The van der Waals surface area contributed by atoms with Crippen LogP contribution in [0.2, 0.25) is 0 Å². The summed E-state index contributed by atoms with van der Waals surface area (Å²) < 4.78 is 23.4. The number of carbonyl (C=O) groups is 2. The number of halogens is 1. The van der Waals surface area contributed by atoms with Crippen LogP contribution in [0.5, 0.6) is 11.5 Å². The standard InChI is InChI=1S/C22H25FN2O4/c1-4-25(15-21(26)24-14-17-5-9-18(23)10-6-17)22(27)12-8-16-7-11-19(28-2)20(13-16)29-3/h5-13H,4,14-15H2,1-3H3,(H,24,26). The molecule has 0 aromatic heterocycles. The molecule has 0 aliphatic rings. The molecule has 0 fully saturated rings. The average molecular weight is 400 g/mol. The molecule has 0 atom stereocenters. The molecule has 29 heavy (non-hydrogen) atoms. The molecule has 2 rings (SSSR count). The molecule has 154 valence electrons. The summed E-state index contributed by atoms with van der Waals surface area (Å²) >= 11 is 0. The van der Waals surface area contributed by atoms with E-state index in [1.165, 1.54) is 23.1 Å². The molecule has 1 N–H and O–H groups in total. The summed E-state index contributed by atoms with van der Waals surface area (Å²) in [7, 11) is 3.09. The lowest BCUT2D eigenvalue weighted by atomic mass is 10.2. The minimum atomic E-state index is -0.330. The van der Waals surface area contributed by atoms with Crippen LogP contribution in [0.15, 0.2) is 48.5 Å². The SMILES string of the molecule is CCN(CC(=O)NCc1ccc(F)cc1)C(=O)C=Cc1ccc(OC)c(OC)c1. The maximum Gasteiger partial charge on any atom is 0.247 e. The van der Waals surface area contributed by atoms with E-state index in [0.29, 0.717) is 18.0 Å². The van der Waals surface area contributed by atoms with Crippen molar-refractivity contribution in [1.29, 1.82) is 0 Å². The number of nitrogens with zero attached hydrogens (tertiary/aromatic N) is 1. The fourth-order valence-electron chi connectivity index (χ4n) is 2.61. The Bertz CT molecular complexity index is 866. The van der Waals surface area contributed by atoms with Gasteiger partial charge in [-0.1, -0.05) is 18.2 Å². The van der Waals surface area contributed by atoms with Crippen LogP contribution in [0.3, 0.4) is 0 Å². The molecular weight excluding hydrogens is 375 g/mol. The Morgan fingerprint density at radius 2 is 1.76 bits per heavy atom. The highest BCUT2D eigenvalue weighted by Crippen LogP contribution is 2.27. The van der Waals surface area contributed by atoms with Crippen LogP contribution in [-0.4, -0.2) is 44.0 Å². The van der Waals surface area contributed by atoms with Crippen LogP contribution in [-0.2, 0) is 16.1 Å². The van der Waals surface area contributed by atoms with Crippen LogP contribution >= 0.6 is 0 Å². The van der Waals surface area contributed by atoms with E-state index in [0.717, 1.165) is 11.1 Å². The Hall–Kier alpha value is -3.35. The van der Waals surface area contributed by atoms with Gasteiger partial charge in [0.15, 0.2) is 11.5 Å². The largest absolute Gasteiger partial charge is 0.493 e. The zero-order valence-corrected chi connectivity index (χ0v) is 16.8. The number of rotatable bonds is 9. The lowest BCUT2D eigenvalue weighted by molar-refractivity contribution is -0.132. The summed E-state index contributed by atoms with van der Waals surface area (Å²) in [5.74, 6) is 0.269. The van der Waals surface area contributed by atoms with E-state index in [2.05, 4.69) is 5.32 Å². The number of methoxy groups -OCH3 is 2. The summed E-state index contributed by atoms with van der Waals surface area (Å²) in [5, 5.41) is 2.73. The van der Waals surface area contributed by atoms with Crippen molar-refractivity contribution in [3.05, 3.63) is 65.5 Å². The van der Waals surface area contributed by atoms with E-state index < -0.39 is 0 Å². The summed E-state index contributed by atoms with van der Waals surface area (Å²) in [4.78, 5) is 26.0. The third-order valence-corrected chi connectivity index (χ3v) is 4.26. The fraction of sp³-hybridized carbons (Fsp3) is 0.273. The molecule has 0 spiro atoms. The first-order valence-electron chi connectivity index (χ1n) is 9.17. The molecule has 0 unspecified atom stereocenters. The van der Waals surface area contributed by atoms with E-state index in [9.17, 15) is 14.0 Å². The van der Waals surface area contributed by atoms with Crippen molar-refractivity contribution in [1.82, 2.24) is 10.2 Å². The van der Waals surface area contributed by atoms with Crippen molar-refractivity contribution in [2.45, 2.75) is 13.5 Å². The van der Waals surface area contributed by atoms with Gasteiger partial charge in [0, 0.05) is 19.2 Å². The lowest BCUT2D eigenvalue weighted by Crippen LogP contribution is -2.39. The molecule has 0 saturated carbocycles. The number of hydrogen-bond donors (Lipinski definition) is 1. The zero-order chi connectivity index (χ0) is 21.2. The lowest BCUT2D eigenvalue weighted by Gasteiger charge is -2.18. The number of amides is 2. The van der Waals surface area contributed by atoms with Crippen LogP contribution in [0.25, 0.3) is 6.08 Å². The molecular formula is C22H25FN2O4. The predicted octanol–water partition coefficient (Wildman–Crippen LogP) is 3.02. The van der Waals surface area contributed by atoms with Gasteiger partial charge in [-0.2, -0.15) is 0 Å². The van der Waals surface area contributed by atoms with Gasteiger partial charge in [0.25, 0.3) is 0 Å². The maximum absolute atomic E-state index is 12.9. The quantitative estimate of drug-likeness (QED) is 0.657. The highest BCUT2D eigenvalue weighted by atomic mass is 19.1. The summed E-state index contributed by atoms with van der Waals surface area (Å²) in [6.07, 6.45) is 3.07. The molecule has 7 heteroatoms. The van der Waals surface area contributed by atoms with Gasteiger partial charge in [0.2, 0.25) is 11.8 Å². The highest BCUT2D eigenvalue weighted by molar-refractivity contribution is 5.94. The van der Waals surface area contributed by atoms with Gasteiger partial charge < -0.3 is 19.7 Å². The van der Waals surface area contributed by atoms with Crippen molar-refractivity contribution in [2.24, 2.45) is 0 Å². The van der Waals surface area contributed by atoms with E-state index in [-0.39, 0.29) is 30.7 Å².